The van der Waals surface area contributed by atoms with Gasteiger partial charge in [0, 0.05) is 24.7 Å². The molecule has 0 bridgehead atoms. The van der Waals surface area contributed by atoms with Crippen molar-refractivity contribution >= 4 is 0 Å². The summed E-state index contributed by atoms with van der Waals surface area (Å²) < 4.78 is 0. The van der Waals surface area contributed by atoms with Gasteiger partial charge in [-0.1, -0.05) is 12.1 Å². The second kappa shape index (κ2) is 3.83. The number of rotatable bonds is 3. The maximum atomic E-state index is 9.23. The summed E-state index contributed by atoms with van der Waals surface area (Å²) in [6.07, 6.45) is 0. The molecule has 1 saturated heterocycles. The monoisotopic (exact) mass is 206 g/mol. The van der Waals surface area contributed by atoms with E-state index in [-0.39, 0.29) is 5.54 Å². The van der Waals surface area contributed by atoms with Gasteiger partial charge in [-0.3, -0.25) is 0 Å². The molecular formula is C12H18N2O. The third kappa shape index (κ3) is 2.30. The normalized spacial score (nSPS) is 17.5. The first kappa shape index (κ1) is 10.5. The maximum absolute atomic E-state index is 9.23. The van der Waals surface area contributed by atoms with Crippen LogP contribution in [-0.2, 0) is 5.54 Å². The molecule has 1 aliphatic heterocycles. The van der Waals surface area contributed by atoms with Gasteiger partial charge >= 0.3 is 0 Å². The zero-order valence-corrected chi connectivity index (χ0v) is 9.25. The van der Waals surface area contributed by atoms with Crippen LogP contribution < -0.4 is 10.6 Å². The minimum Gasteiger partial charge on any atom is -0.508 e. The Balaban J connectivity index is 2.09. The van der Waals surface area contributed by atoms with E-state index in [0.29, 0.717) is 11.8 Å². The van der Waals surface area contributed by atoms with E-state index in [4.69, 9.17) is 0 Å². The quantitative estimate of drug-likeness (QED) is 0.696. The molecule has 1 heterocycles. The second-order valence-electron chi connectivity index (χ2n) is 4.67. The smallest absolute Gasteiger partial charge is 0.115 e. The Labute approximate surface area is 90.5 Å². The molecular weight excluding hydrogens is 188 g/mol. The average Bonchev–Trinajstić information content (AvgIpc) is 2.13. The minimum absolute atomic E-state index is 0.0412. The SMILES string of the molecule is CC(C)(NC1CNC1)c1ccc(O)cc1. The number of phenols is 1. The van der Waals surface area contributed by atoms with Crippen molar-refractivity contribution in [2.75, 3.05) is 13.1 Å². The number of nitrogens with one attached hydrogen (secondary N) is 2. The Morgan fingerprint density at radius 2 is 1.87 bits per heavy atom. The summed E-state index contributed by atoms with van der Waals surface area (Å²) in [6, 6.07) is 7.96. The Morgan fingerprint density at radius 3 is 2.33 bits per heavy atom. The third-order valence-electron chi connectivity index (χ3n) is 2.94. The van der Waals surface area contributed by atoms with Crippen LogP contribution in [-0.4, -0.2) is 24.2 Å². The highest BCUT2D eigenvalue weighted by Crippen LogP contribution is 2.23. The fourth-order valence-electron chi connectivity index (χ4n) is 1.86. The summed E-state index contributed by atoms with van der Waals surface area (Å²) in [7, 11) is 0. The lowest BCUT2D eigenvalue weighted by atomic mass is 9.92. The molecule has 0 aromatic heterocycles. The van der Waals surface area contributed by atoms with Crippen LogP contribution >= 0.6 is 0 Å². The highest BCUT2D eigenvalue weighted by molar-refractivity contribution is 5.30. The largest absolute Gasteiger partial charge is 0.508 e. The van der Waals surface area contributed by atoms with Gasteiger partial charge in [0.25, 0.3) is 0 Å². The summed E-state index contributed by atoms with van der Waals surface area (Å²) >= 11 is 0. The Kier molecular flexibility index (Phi) is 2.67. The zero-order chi connectivity index (χ0) is 10.9. The van der Waals surface area contributed by atoms with Crippen LogP contribution in [0.1, 0.15) is 19.4 Å². The van der Waals surface area contributed by atoms with Gasteiger partial charge in [-0.15, -0.1) is 0 Å². The topological polar surface area (TPSA) is 44.3 Å². The molecule has 3 nitrogen and oxygen atoms in total. The van der Waals surface area contributed by atoms with E-state index >= 15 is 0 Å². The van der Waals surface area contributed by atoms with Gasteiger partial charge in [-0.2, -0.15) is 0 Å². The molecule has 0 atom stereocenters. The van der Waals surface area contributed by atoms with Crippen molar-refractivity contribution in [3.63, 3.8) is 0 Å². The van der Waals surface area contributed by atoms with E-state index in [1.165, 1.54) is 5.56 Å². The van der Waals surface area contributed by atoms with Crippen molar-refractivity contribution in [3.8, 4) is 5.75 Å². The summed E-state index contributed by atoms with van der Waals surface area (Å²) in [5.41, 5.74) is 1.16. The van der Waals surface area contributed by atoms with Gasteiger partial charge in [0.05, 0.1) is 0 Å². The van der Waals surface area contributed by atoms with Gasteiger partial charge < -0.3 is 15.7 Å². The fourth-order valence-corrected chi connectivity index (χ4v) is 1.86. The molecule has 0 saturated carbocycles. The van der Waals surface area contributed by atoms with Gasteiger partial charge in [0.15, 0.2) is 0 Å². The van der Waals surface area contributed by atoms with Crippen molar-refractivity contribution in [1.82, 2.24) is 10.6 Å². The second-order valence-corrected chi connectivity index (χ2v) is 4.67. The first-order valence-corrected chi connectivity index (χ1v) is 5.36. The van der Waals surface area contributed by atoms with Crippen molar-refractivity contribution in [2.45, 2.75) is 25.4 Å². The molecule has 15 heavy (non-hydrogen) atoms. The Bertz CT molecular complexity index is 328. The number of phenolic OH excluding ortho intramolecular Hbond substituents is 1. The fraction of sp³-hybridized carbons (Fsp3) is 0.500. The molecule has 82 valence electrons. The number of benzene rings is 1. The molecule has 2 rings (SSSR count). The number of hydrogen-bond donors (Lipinski definition) is 3. The standard InChI is InChI=1S/C12H18N2O/c1-12(2,14-10-7-13-8-10)9-3-5-11(15)6-4-9/h3-6,10,13-15H,7-8H2,1-2H3. The molecule has 3 N–H and O–H groups in total. The molecule has 1 aromatic carbocycles. The van der Waals surface area contributed by atoms with Crippen molar-refractivity contribution in [2.24, 2.45) is 0 Å². The molecule has 0 amide bonds. The van der Waals surface area contributed by atoms with Crippen LogP contribution in [0.3, 0.4) is 0 Å². The number of aromatic hydroxyl groups is 1. The summed E-state index contributed by atoms with van der Waals surface area (Å²) in [4.78, 5) is 0. The van der Waals surface area contributed by atoms with Crippen LogP contribution in [0, 0.1) is 0 Å². The molecule has 0 spiro atoms. The predicted molar refractivity (Wildman–Crippen MR) is 60.9 cm³/mol. The van der Waals surface area contributed by atoms with Gasteiger partial charge in [0.1, 0.15) is 5.75 Å². The highest BCUT2D eigenvalue weighted by atomic mass is 16.3. The van der Waals surface area contributed by atoms with E-state index in [2.05, 4.69) is 24.5 Å². The predicted octanol–water partition coefficient (Wildman–Crippen LogP) is 1.19. The van der Waals surface area contributed by atoms with Crippen LogP contribution in [0.4, 0.5) is 0 Å². The highest BCUT2D eigenvalue weighted by Gasteiger charge is 2.26. The summed E-state index contributed by atoms with van der Waals surface area (Å²) in [5.74, 6) is 0.319. The summed E-state index contributed by atoms with van der Waals surface area (Å²) in [6.45, 7) is 6.42. The van der Waals surface area contributed by atoms with Crippen molar-refractivity contribution in [1.29, 1.82) is 0 Å². The van der Waals surface area contributed by atoms with E-state index in [1.807, 2.05) is 12.1 Å². The molecule has 1 fully saturated rings. The first-order chi connectivity index (χ1) is 7.08. The Hall–Kier alpha value is -1.06. The van der Waals surface area contributed by atoms with Gasteiger partial charge in [0.2, 0.25) is 0 Å². The molecule has 3 heteroatoms. The lowest BCUT2D eigenvalue weighted by Gasteiger charge is -2.37. The van der Waals surface area contributed by atoms with Crippen molar-refractivity contribution < 1.29 is 5.11 Å². The van der Waals surface area contributed by atoms with Gasteiger partial charge in [-0.05, 0) is 31.5 Å². The van der Waals surface area contributed by atoms with E-state index < -0.39 is 0 Å². The van der Waals surface area contributed by atoms with Crippen LogP contribution in [0.15, 0.2) is 24.3 Å². The summed E-state index contributed by atoms with van der Waals surface area (Å²) in [5, 5.41) is 16.1. The first-order valence-electron chi connectivity index (χ1n) is 5.36. The molecule has 0 unspecified atom stereocenters. The lowest BCUT2D eigenvalue weighted by molar-refractivity contribution is 0.273. The average molecular weight is 206 g/mol. The molecule has 0 radical (unpaired) electrons. The van der Waals surface area contributed by atoms with E-state index in [0.717, 1.165) is 13.1 Å². The zero-order valence-electron chi connectivity index (χ0n) is 9.25. The van der Waals surface area contributed by atoms with Crippen LogP contribution in [0.5, 0.6) is 5.75 Å². The van der Waals surface area contributed by atoms with E-state index in [9.17, 15) is 5.11 Å². The molecule has 1 aliphatic rings. The van der Waals surface area contributed by atoms with Crippen molar-refractivity contribution in [3.05, 3.63) is 29.8 Å². The Morgan fingerprint density at radius 1 is 1.27 bits per heavy atom. The molecule has 0 aliphatic carbocycles. The minimum atomic E-state index is -0.0412. The van der Waals surface area contributed by atoms with E-state index in [1.54, 1.807) is 12.1 Å². The van der Waals surface area contributed by atoms with Gasteiger partial charge in [-0.25, -0.2) is 0 Å². The van der Waals surface area contributed by atoms with Crippen LogP contribution in [0.25, 0.3) is 0 Å². The molecule has 1 aromatic rings. The maximum Gasteiger partial charge on any atom is 0.115 e. The third-order valence-corrected chi connectivity index (χ3v) is 2.94. The number of hydrogen-bond acceptors (Lipinski definition) is 3. The lowest BCUT2D eigenvalue weighted by Crippen LogP contribution is -2.59. The van der Waals surface area contributed by atoms with Crippen LogP contribution in [0.2, 0.25) is 0 Å².